The van der Waals surface area contributed by atoms with Crippen LogP contribution in [0.25, 0.3) is 0 Å². The summed E-state index contributed by atoms with van der Waals surface area (Å²) in [6.07, 6.45) is 1.08. The van der Waals surface area contributed by atoms with Crippen LogP contribution in [0.4, 0.5) is 0 Å². The molecule has 1 N–H and O–H groups in total. The summed E-state index contributed by atoms with van der Waals surface area (Å²) in [5.41, 5.74) is 4.33. The second kappa shape index (κ2) is 21.6. The van der Waals surface area contributed by atoms with Crippen LogP contribution in [0.5, 0.6) is 11.5 Å². The Bertz CT molecular complexity index is 1240. The maximum atomic E-state index is 12.3. The van der Waals surface area contributed by atoms with Crippen molar-refractivity contribution >= 4 is 5.97 Å². The lowest BCUT2D eigenvalue weighted by molar-refractivity contribution is -0.280. The number of hydrogen-bond donors (Lipinski definition) is 1. The minimum Gasteiger partial charge on any atom is -0.489 e. The molecule has 0 fully saturated rings. The number of rotatable bonds is 15. The number of esters is 1. The molecule has 0 aliphatic heterocycles. The van der Waals surface area contributed by atoms with E-state index in [4.69, 9.17) is 14.2 Å². The molecule has 6 heteroatoms. The first kappa shape index (κ1) is 35.1. The van der Waals surface area contributed by atoms with Crippen LogP contribution >= 0.6 is 0 Å². The van der Waals surface area contributed by atoms with Gasteiger partial charge in [-0.05, 0) is 59.4 Å². The third-order valence-electron chi connectivity index (χ3n) is 6.30. The summed E-state index contributed by atoms with van der Waals surface area (Å²) in [6, 6.07) is 35.5. The van der Waals surface area contributed by atoms with Gasteiger partial charge in [-0.3, -0.25) is 10.1 Å². The zero-order valence-electron chi connectivity index (χ0n) is 25.9. The van der Waals surface area contributed by atoms with E-state index in [1.165, 1.54) is 0 Å². The van der Waals surface area contributed by atoms with Crippen LogP contribution in [0.2, 0.25) is 0 Å². The largest absolute Gasteiger partial charge is 0.489 e. The molecule has 4 aromatic rings. The molecule has 1 unspecified atom stereocenters. The Balaban J connectivity index is 0.00000155. The molecular formula is C37H46O6. The van der Waals surface area contributed by atoms with Gasteiger partial charge in [0.15, 0.2) is 0 Å². The molecule has 0 amide bonds. The van der Waals surface area contributed by atoms with E-state index < -0.39 is 12.1 Å². The lowest BCUT2D eigenvalue weighted by atomic mass is 10.0. The molecule has 0 saturated heterocycles. The van der Waals surface area contributed by atoms with E-state index in [9.17, 15) is 10.1 Å². The average molecular weight is 587 g/mol. The molecule has 6 nitrogen and oxygen atoms in total. The quantitative estimate of drug-likeness (QED) is 0.0852. The SMILES string of the molecule is CC.CC.O=C(CC(CCc1ccc(OCc2ccccc2)cc1)OO)OCCc1ccc(OCc2ccccc2)cc1. The second-order valence-electron chi connectivity index (χ2n) is 9.28. The third-order valence-corrected chi connectivity index (χ3v) is 6.30. The van der Waals surface area contributed by atoms with E-state index in [1.54, 1.807) is 0 Å². The van der Waals surface area contributed by atoms with Gasteiger partial charge in [0.1, 0.15) is 30.8 Å². The highest BCUT2D eigenvalue weighted by molar-refractivity contribution is 5.70. The van der Waals surface area contributed by atoms with Gasteiger partial charge in [-0.1, -0.05) is 113 Å². The van der Waals surface area contributed by atoms with Gasteiger partial charge in [-0.15, -0.1) is 0 Å². The van der Waals surface area contributed by atoms with Crippen LogP contribution in [0, 0.1) is 0 Å². The molecule has 1 atom stereocenters. The first-order valence-electron chi connectivity index (χ1n) is 15.1. The highest BCUT2D eigenvalue weighted by atomic mass is 17.1. The summed E-state index contributed by atoms with van der Waals surface area (Å²) in [4.78, 5) is 16.8. The number of hydrogen-bond acceptors (Lipinski definition) is 6. The molecule has 43 heavy (non-hydrogen) atoms. The molecule has 4 rings (SSSR count). The van der Waals surface area contributed by atoms with Crippen molar-refractivity contribution in [2.75, 3.05) is 6.61 Å². The van der Waals surface area contributed by atoms with Crippen LogP contribution in [0.3, 0.4) is 0 Å². The summed E-state index contributed by atoms with van der Waals surface area (Å²) in [5.74, 6) is 1.17. The van der Waals surface area contributed by atoms with E-state index in [-0.39, 0.29) is 13.0 Å². The predicted octanol–water partition coefficient (Wildman–Crippen LogP) is 8.86. The lowest BCUT2D eigenvalue weighted by Crippen LogP contribution is -2.20. The molecule has 0 saturated carbocycles. The molecule has 0 aromatic heterocycles. The Morgan fingerprint density at radius 1 is 0.605 bits per heavy atom. The average Bonchev–Trinajstić information content (AvgIpc) is 3.08. The van der Waals surface area contributed by atoms with E-state index in [1.807, 2.05) is 137 Å². The molecule has 0 aliphatic carbocycles. The minimum atomic E-state index is -0.632. The summed E-state index contributed by atoms with van der Waals surface area (Å²) in [7, 11) is 0. The van der Waals surface area contributed by atoms with Crippen molar-refractivity contribution in [2.45, 2.75) is 72.7 Å². The van der Waals surface area contributed by atoms with Crippen molar-refractivity contribution in [1.29, 1.82) is 0 Å². The van der Waals surface area contributed by atoms with Gasteiger partial charge in [0, 0.05) is 6.42 Å². The predicted molar refractivity (Wildman–Crippen MR) is 172 cm³/mol. The Kier molecular flexibility index (Phi) is 17.6. The Morgan fingerprint density at radius 2 is 1.05 bits per heavy atom. The molecule has 4 aromatic carbocycles. The van der Waals surface area contributed by atoms with Crippen LogP contribution in [-0.4, -0.2) is 23.9 Å². The number of benzene rings is 4. The zero-order valence-corrected chi connectivity index (χ0v) is 25.9. The first-order valence-corrected chi connectivity index (χ1v) is 15.1. The smallest absolute Gasteiger partial charge is 0.308 e. The van der Waals surface area contributed by atoms with E-state index in [0.717, 1.165) is 33.8 Å². The Labute approximate surface area is 257 Å². The van der Waals surface area contributed by atoms with Crippen LogP contribution in [0.15, 0.2) is 109 Å². The van der Waals surface area contributed by atoms with Gasteiger partial charge in [0.25, 0.3) is 0 Å². The third kappa shape index (κ3) is 14.1. The van der Waals surface area contributed by atoms with Crippen molar-refractivity contribution in [3.8, 4) is 11.5 Å². The van der Waals surface area contributed by atoms with Gasteiger partial charge in [0.2, 0.25) is 0 Å². The van der Waals surface area contributed by atoms with Gasteiger partial charge in [-0.2, -0.15) is 0 Å². The van der Waals surface area contributed by atoms with Crippen LogP contribution in [-0.2, 0) is 40.5 Å². The molecule has 230 valence electrons. The minimum absolute atomic E-state index is 0.0129. The highest BCUT2D eigenvalue weighted by Gasteiger charge is 2.16. The number of ether oxygens (including phenoxy) is 3. The molecule has 0 spiro atoms. The van der Waals surface area contributed by atoms with Crippen LogP contribution in [0.1, 0.15) is 62.8 Å². The van der Waals surface area contributed by atoms with Crippen molar-refractivity contribution in [1.82, 2.24) is 0 Å². The number of aryl methyl sites for hydroxylation is 1. The van der Waals surface area contributed by atoms with E-state index in [0.29, 0.717) is 32.5 Å². The monoisotopic (exact) mass is 586 g/mol. The summed E-state index contributed by atoms with van der Waals surface area (Å²) < 4.78 is 17.0. The van der Waals surface area contributed by atoms with Crippen LogP contribution < -0.4 is 9.47 Å². The fraction of sp³-hybridized carbons (Fsp3) is 0.324. The summed E-state index contributed by atoms with van der Waals surface area (Å²) in [5, 5.41) is 9.28. The van der Waals surface area contributed by atoms with Gasteiger partial charge in [-0.25, -0.2) is 4.89 Å². The van der Waals surface area contributed by atoms with Crippen molar-refractivity contribution in [2.24, 2.45) is 0 Å². The first-order chi connectivity index (χ1) is 21.2. The summed E-state index contributed by atoms with van der Waals surface area (Å²) in [6.45, 7) is 9.28. The van der Waals surface area contributed by atoms with Crippen molar-refractivity contribution in [3.63, 3.8) is 0 Å². The van der Waals surface area contributed by atoms with E-state index in [2.05, 4.69) is 4.89 Å². The normalized spacial score (nSPS) is 10.7. The molecule has 0 bridgehead atoms. The van der Waals surface area contributed by atoms with Gasteiger partial charge in [0.05, 0.1) is 13.0 Å². The number of carbonyl (C=O) groups is 1. The van der Waals surface area contributed by atoms with Gasteiger partial charge < -0.3 is 14.2 Å². The Hall–Kier alpha value is -4.13. The van der Waals surface area contributed by atoms with E-state index >= 15 is 0 Å². The molecule has 0 heterocycles. The number of carbonyl (C=O) groups excluding carboxylic acids is 1. The van der Waals surface area contributed by atoms with Crippen molar-refractivity contribution < 1.29 is 29.1 Å². The topological polar surface area (TPSA) is 74.2 Å². The fourth-order valence-corrected chi connectivity index (χ4v) is 4.03. The van der Waals surface area contributed by atoms with Crippen molar-refractivity contribution in [3.05, 3.63) is 131 Å². The summed E-state index contributed by atoms with van der Waals surface area (Å²) >= 11 is 0. The zero-order chi connectivity index (χ0) is 31.1. The fourth-order valence-electron chi connectivity index (χ4n) is 4.03. The van der Waals surface area contributed by atoms with Gasteiger partial charge >= 0.3 is 5.97 Å². The maximum Gasteiger partial charge on any atom is 0.308 e. The lowest BCUT2D eigenvalue weighted by Gasteiger charge is -2.13. The molecule has 0 radical (unpaired) electrons. The Morgan fingerprint density at radius 3 is 1.49 bits per heavy atom. The molecular weight excluding hydrogens is 540 g/mol. The standard InChI is InChI=1S/C33H34O6.2C2H6/c34-33(36-22-21-27-13-18-31(19-14-27)38-25-29-9-5-2-6-10-29)23-32(39-35)20-15-26-11-16-30(17-12-26)37-24-28-7-3-1-4-8-28;2*1-2/h1-14,16-19,32,35H,15,20-25H2;2*1-2H3. The highest BCUT2D eigenvalue weighted by Crippen LogP contribution is 2.18. The maximum absolute atomic E-state index is 12.3. The second-order valence-corrected chi connectivity index (χ2v) is 9.28. The molecule has 0 aliphatic rings.